The monoisotopic (exact) mass is 878 g/mol. The fourth-order valence-corrected chi connectivity index (χ4v) is 12.0. The summed E-state index contributed by atoms with van der Waals surface area (Å²) in [5.74, 6) is -0.916. The second kappa shape index (κ2) is 20.3. The fraction of sp³-hybridized carbons (Fsp3) is 0.809. The zero-order valence-corrected chi connectivity index (χ0v) is 44.6. The van der Waals surface area contributed by atoms with E-state index in [4.69, 9.17) is 18.3 Å². The van der Waals surface area contributed by atoms with Crippen LogP contribution in [0.15, 0.2) is 22.6 Å². The maximum atomic E-state index is 15.2. The quantitative estimate of drug-likeness (QED) is 0.0915. The summed E-state index contributed by atoms with van der Waals surface area (Å²) in [5, 5.41) is 13.3. The third-order valence-corrected chi connectivity index (χ3v) is 28.8. The Balaban J connectivity index is 2.41. The van der Waals surface area contributed by atoms with Crippen LogP contribution in [0.2, 0.25) is 54.4 Å². The molecule has 0 aliphatic heterocycles. The summed E-state index contributed by atoms with van der Waals surface area (Å²) in [5.41, 5.74) is 2.77. The molecule has 2 rings (SSSR count). The number of carbonyl (C=O) groups is 2. The maximum Gasteiger partial charge on any atom is 0.305 e. The minimum absolute atomic E-state index is 0.0140. The molecule has 0 bridgehead atoms. The molecule has 1 saturated carbocycles. The molecule has 1 aliphatic carbocycles. The van der Waals surface area contributed by atoms with Gasteiger partial charge in [0.15, 0.2) is 25.0 Å². The lowest BCUT2D eigenvalue weighted by Gasteiger charge is -2.52. The van der Waals surface area contributed by atoms with E-state index in [1.54, 1.807) is 11.3 Å². The molecule has 1 fully saturated rings. The van der Waals surface area contributed by atoms with E-state index in [9.17, 15) is 9.90 Å². The molecular formula is C47H87NO6SSi3. The molecule has 1 aromatic rings. The van der Waals surface area contributed by atoms with Gasteiger partial charge in [-0.2, -0.15) is 0 Å². The van der Waals surface area contributed by atoms with Gasteiger partial charge in [-0.3, -0.25) is 9.59 Å². The van der Waals surface area contributed by atoms with Crippen LogP contribution in [0, 0.1) is 24.2 Å². The number of carbonyl (C=O) groups excluding carboxylic acids is 1. The standard InChI is InChI=1S/C47H87NO6SSi3/c1-21-38(43(51)47(28-23-29-47)40(31-41(49)50)53-57(17,18)45(9,10)11)42(54-58(19,20)46(12,13)14)34(3)25-22-24-33(2)26-27-39(52-56(15,16)44(6,7)8)35(4)30-37-32-55-36(5)48-37/h26,30,32,34,38-40,42H,21-25,27-29,31H2,1-20H3,(H,49,50)/b33-26+,35-30+/t34-,38-,39-,40-,42+/m0/s1. The van der Waals surface area contributed by atoms with Crippen molar-refractivity contribution in [2.45, 2.75) is 227 Å². The van der Waals surface area contributed by atoms with Gasteiger partial charge < -0.3 is 18.4 Å². The van der Waals surface area contributed by atoms with E-state index < -0.39 is 42.4 Å². The summed E-state index contributed by atoms with van der Waals surface area (Å²) < 4.78 is 21.3. The third-order valence-electron chi connectivity index (χ3n) is 14.6. The van der Waals surface area contributed by atoms with Crippen molar-refractivity contribution in [2.24, 2.45) is 17.3 Å². The highest BCUT2D eigenvalue weighted by Crippen LogP contribution is 2.53. The number of aromatic nitrogens is 1. The highest BCUT2D eigenvalue weighted by molar-refractivity contribution is 7.09. The first kappa shape index (κ1) is 52.9. The van der Waals surface area contributed by atoms with Crippen molar-refractivity contribution in [1.29, 1.82) is 0 Å². The van der Waals surface area contributed by atoms with Crippen molar-refractivity contribution >= 4 is 54.1 Å². The minimum atomic E-state index is -2.37. The van der Waals surface area contributed by atoms with E-state index in [1.165, 1.54) is 11.1 Å². The molecule has 1 aliphatic rings. The molecule has 0 saturated heterocycles. The number of nitrogens with zero attached hydrogens (tertiary/aromatic N) is 1. The van der Waals surface area contributed by atoms with Gasteiger partial charge in [-0.25, -0.2) is 4.98 Å². The highest BCUT2D eigenvalue weighted by Gasteiger charge is 2.57. The van der Waals surface area contributed by atoms with Gasteiger partial charge in [-0.1, -0.05) is 94.2 Å². The third kappa shape index (κ3) is 13.9. The van der Waals surface area contributed by atoms with Crippen LogP contribution >= 0.6 is 11.3 Å². The molecular weight excluding hydrogens is 791 g/mol. The van der Waals surface area contributed by atoms with Crippen molar-refractivity contribution in [3.05, 3.63) is 33.3 Å². The molecule has 5 atom stereocenters. The molecule has 0 amide bonds. The van der Waals surface area contributed by atoms with E-state index in [0.717, 1.165) is 42.8 Å². The van der Waals surface area contributed by atoms with Crippen molar-refractivity contribution in [3.63, 3.8) is 0 Å². The van der Waals surface area contributed by atoms with Gasteiger partial charge in [0.25, 0.3) is 0 Å². The van der Waals surface area contributed by atoms with E-state index in [0.29, 0.717) is 19.3 Å². The van der Waals surface area contributed by atoms with Crippen LogP contribution < -0.4 is 0 Å². The van der Waals surface area contributed by atoms with Gasteiger partial charge in [-0.15, -0.1) is 11.3 Å². The average molecular weight is 879 g/mol. The van der Waals surface area contributed by atoms with E-state index in [1.807, 2.05) is 6.92 Å². The Kier molecular flexibility index (Phi) is 18.5. The number of hydrogen-bond donors (Lipinski definition) is 1. The number of carboxylic acids is 1. The zero-order valence-electron chi connectivity index (χ0n) is 40.8. The van der Waals surface area contributed by atoms with Crippen LogP contribution in [0.1, 0.15) is 158 Å². The highest BCUT2D eigenvalue weighted by atomic mass is 32.1. The molecule has 11 heteroatoms. The lowest BCUT2D eigenvalue weighted by molar-refractivity contribution is -0.156. The van der Waals surface area contributed by atoms with Gasteiger partial charge >= 0.3 is 5.97 Å². The number of rotatable bonds is 22. The number of aryl methyl sites for hydroxylation is 1. The average Bonchev–Trinajstić information content (AvgIpc) is 3.43. The second-order valence-electron chi connectivity index (χ2n) is 22.4. The number of thiazole rings is 1. The van der Waals surface area contributed by atoms with Gasteiger partial charge in [0, 0.05) is 11.3 Å². The lowest BCUT2D eigenvalue weighted by Crippen LogP contribution is -2.59. The summed E-state index contributed by atoms with van der Waals surface area (Å²) in [4.78, 5) is 32.3. The van der Waals surface area contributed by atoms with E-state index >= 15 is 4.79 Å². The number of Topliss-reactive ketones (excluding diaryl/α,β-unsaturated/α-hetero) is 1. The predicted octanol–water partition coefficient (Wildman–Crippen LogP) is 14.4. The summed E-state index contributed by atoms with van der Waals surface area (Å²) in [6, 6.07) is 0. The molecule has 334 valence electrons. The Morgan fingerprint density at radius 1 is 0.897 bits per heavy atom. The summed E-state index contributed by atoms with van der Waals surface area (Å²) >= 11 is 1.68. The van der Waals surface area contributed by atoms with Crippen LogP contribution in [0.5, 0.6) is 0 Å². The predicted molar refractivity (Wildman–Crippen MR) is 255 cm³/mol. The Labute approximate surface area is 363 Å². The molecule has 1 N–H and O–H groups in total. The Morgan fingerprint density at radius 3 is 1.84 bits per heavy atom. The number of allylic oxidation sites excluding steroid dienone is 1. The fourth-order valence-electron chi connectivity index (χ4n) is 7.28. The van der Waals surface area contributed by atoms with Crippen LogP contribution in [-0.4, -0.2) is 65.1 Å². The first-order chi connectivity index (χ1) is 26.2. The minimum Gasteiger partial charge on any atom is -0.481 e. The Bertz CT molecular complexity index is 1570. The Morgan fingerprint density at radius 2 is 1.41 bits per heavy atom. The summed E-state index contributed by atoms with van der Waals surface area (Å²) in [7, 11) is -6.69. The summed E-state index contributed by atoms with van der Waals surface area (Å²) in [6.07, 6.45) is 10.2. The van der Waals surface area contributed by atoms with E-state index in [-0.39, 0.29) is 51.4 Å². The van der Waals surface area contributed by atoms with Crippen molar-refractivity contribution < 1.29 is 28.0 Å². The van der Waals surface area contributed by atoms with Gasteiger partial charge in [-0.05, 0) is 138 Å². The first-order valence-electron chi connectivity index (χ1n) is 22.3. The number of carboxylic acid groups (broad SMARTS) is 1. The second-order valence-corrected chi connectivity index (χ2v) is 37.7. The zero-order chi connectivity index (χ0) is 44.9. The van der Waals surface area contributed by atoms with Crippen molar-refractivity contribution in [1.82, 2.24) is 4.98 Å². The first-order valence-corrected chi connectivity index (χ1v) is 31.9. The van der Waals surface area contributed by atoms with Crippen LogP contribution in [0.4, 0.5) is 0 Å². The van der Waals surface area contributed by atoms with Crippen LogP contribution in [0.3, 0.4) is 0 Å². The number of ketones is 1. The van der Waals surface area contributed by atoms with Gasteiger partial charge in [0.05, 0.1) is 40.8 Å². The molecule has 0 spiro atoms. The van der Waals surface area contributed by atoms with E-state index in [2.05, 4.69) is 147 Å². The molecule has 7 nitrogen and oxygen atoms in total. The smallest absolute Gasteiger partial charge is 0.305 e. The maximum absolute atomic E-state index is 15.2. The normalized spacial score (nSPS) is 19.0. The lowest BCUT2D eigenvalue weighted by atomic mass is 9.58. The molecule has 0 radical (unpaired) electrons. The summed E-state index contributed by atoms with van der Waals surface area (Å²) in [6.45, 7) is 44.6. The molecule has 1 heterocycles. The largest absolute Gasteiger partial charge is 0.481 e. The van der Waals surface area contributed by atoms with Gasteiger partial charge in [0.2, 0.25) is 0 Å². The number of hydrogen-bond acceptors (Lipinski definition) is 7. The van der Waals surface area contributed by atoms with Crippen molar-refractivity contribution in [3.8, 4) is 0 Å². The van der Waals surface area contributed by atoms with Crippen molar-refractivity contribution in [2.75, 3.05) is 0 Å². The molecule has 58 heavy (non-hydrogen) atoms. The Hall–Kier alpha value is -1.22. The number of aliphatic carboxylic acids is 1. The van der Waals surface area contributed by atoms with Gasteiger partial charge in [0.1, 0.15) is 5.78 Å². The topological polar surface area (TPSA) is 95.0 Å². The SMILES string of the molecule is CC[C@H](C(=O)C1([C@H](CC(=O)O)O[Si](C)(C)C(C)(C)C)CCC1)[C@H](O[Si](C)(C)C(C)(C)C)[C@@H](C)CCC/C(C)=C/C[C@H](O[Si](C)(C)C(C)(C)C)/C(C)=C/c1csc(C)n1. The van der Waals surface area contributed by atoms with Crippen LogP contribution in [-0.2, 0) is 22.9 Å². The molecule has 1 aromatic heterocycles. The molecule has 0 aromatic carbocycles. The van der Waals surface area contributed by atoms with Crippen LogP contribution in [0.25, 0.3) is 6.08 Å². The molecule has 0 unspecified atom stereocenters.